The van der Waals surface area contributed by atoms with Gasteiger partial charge in [0, 0.05) is 12.8 Å². The first-order valence-corrected chi connectivity index (χ1v) is 12.0. The number of hydrogen-bond acceptors (Lipinski definition) is 1. The number of carbonyl (C=O) groups is 1. The topological polar surface area (TPSA) is 17.1 Å². The first kappa shape index (κ1) is 18.7. The Morgan fingerprint density at radius 1 is 0.857 bits per heavy atom. The monoisotopic (exact) mass is 308 g/mol. The maximum atomic E-state index is 11.8. The van der Waals surface area contributed by atoms with Gasteiger partial charge in [0.15, 0.2) is 0 Å². The fourth-order valence-corrected chi connectivity index (χ4v) is 10.1. The summed E-state index contributed by atoms with van der Waals surface area (Å²) in [6.45, 7) is 7.08. The zero-order valence-corrected chi connectivity index (χ0v) is 15.7. The van der Waals surface area contributed by atoms with E-state index in [2.05, 4.69) is 26.8 Å². The summed E-state index contributed by atoms with van der Waals surface area (Å²) in [5, 5.41) is 1.84. The van der Waals surface area contributed by atoms with Gasteiger partial charge in [-0.3, -0.25) is 4.79 Å². The molecule has 122 valence electrons. The third-order valence-electron chi connectivity index (χ3n) is 5.07. The molecule has 0 amide bonds. The molecule has 0 N–H and O–H groups in total. The van der Waals surface area contributed by atoms with Gasteiger partial charge in [0.1, 0.15) is 5.78 Å². The molecule has 1 aliphatic carbocycles. The molecule has 0 aliphatic heterocycles. The van der Waals surface area contributed by atoms with Crippen LogP contribution in [0.1, 0.15) is 85.0 Å². The molecule has 0 saturated carbocycles. The molecule has 0 heterocycles. The van der Waals surface area contributed by atoms with E-state index < -0.39 is 8.07 Å². The Labute approximate surface area is 133 Å². The molecule has 0 aromatic heterocycles. The molecule has 0 atom stereocenters. The minimum atomic E-state index is -1.26. The van der Waals surface area contributed by atoms with Crippen LogP contribution in [0.15, 0.2) is 11.3 Å². The fourth-order valence-electron chi connectivity index (χ4n) is 4.22. The molecule has 0 aromatic rings. The van der Waals surface area contributed by atoms with Crippen LogP contribution in [-0.4, -0.2) is 13.9 Å². The van der Waals surface area contributed by atoms with Gasteiger partial charge in [0.2, 0.25) is 0 Å². The Bertz CT molecular complexity index is 315. The molecule has 0 unspecified atom stereocenters. The van der Waals surface area contributed by atoms with E-state index in [0.29, 0.717) is 5.78 Å². The largest absolute Gasteiger partial charge is 0.300 e. The molecule has 1 rings (SSSR count). The second kappa shape index (κ2) is 10.4. The van der Waals surface area contributed by atoms with E-state index in [0.717, 1.165) is 25.7 Å². The third kappa shape index (κ3) is 6.10. The summed E-state index contributed by atoms with van der Waals surface area (Å²) in [6.07, 6.45) is 14.1. The highest BCUT2D eigenvalue weighted by Gasteiger charge is 2.33. The van der Waals surface area contributed by atoms with Crippen LogP contribution in [0.5, 0.6) is 0 Å². The van der Waals surface area contributed by atoms with Crippen molar-refractivity contribution in [1.29, 1.82) is 0 Å². The second-order valence-corrected chi connectivity index (χ2v) is 11.6. The van der Waals surface area contributed by atoms with E-state index in [4.69, 9.17) is 0 Å². The van der Waals surface area contributed by atoms with E-state index >= 15 is 0 Å². The molecule has 2 heteroatoms. The molecular formula is C19H36OSi. The van der Waals surface area contributed by atoms with E-state index in [1.807, 2.05) is 5.20 Å². The molecule has 0 spiro atoms. The van der Waals surface area contributed by atoms with Crippen LogP contribution < -0.4 is 0 Å². The van der Waals surface area contributed by atoms with Gasteiger partial charge < -0.3 is 0 Å². The van der Waals surface area contributed by atoms with Crippen molar-refractivity contribution < 1.29 is 4.79 Å². The lowest BCUT2D eigenvalue weighted by atomic mass is 10.0. The van der Waals surface area contributed by atoms with Crippen LogP contribution in [0, 0.1) is 0 Å². The van der Waals surface area contributed by atoms with Crippen LogP contribution in [0.25, 0.3) is 0 Å². The number of ketones is 1. The Kier molecular flexibility index (Phi) is 9.22. The van der Waals surface area contributed by atoms with Crippen LogP contribution in [0.4, 0.5) is 0 Å². The highest BCUT2D eigenvalue weighted by atomic mass is 28.3. The number of hydrogen-bond donors (Lipinski definition) is 0. The summed E-state index contributed by atoms with van der Waals surface area (Å²) < 4.78 is 0. The Hall–Kier alpha value is -0.373. The molecule has 21 heavy (non-hydrogen) atoms. The highest BCUT2D eigenvalue weighted by molar-refractivity contribution is 6.86. The van der Waals surface area contributed by atoms with Crippen LogP contribution in [0.3, 0.4) is 0 Å². The summed E-state index contributed by atoms with van der Waals surface area (Å²) in [5.74, 6) is 0.505. The standard InChI is InChI=1S/C19H36OSi/c1-4-15-21(16-5-2,17-6-3)19-13-9-7-8-11-18(20)12-10-14-19/h13H,4-12,14-17H2,1-3H3/b19-13+. The van der Waals surface area contributed by atoms with Gasteiger partial charge in [-0.25, -0.2) is 0 Å². The molecule has 0 aromatic carbocycles. The second-order valence-electron chi connectivity index (χ2n) is 6.90. The van der Waals surface area contributed by atoms with Crippen molar-refractivity contribution in [2.24, 2.45) is 0 Å². The predicted octanol–water partition coefficient (Wildman–Crippen LogP) is 6.44. The Morgan fingerprint density at radius 2 is 1.43 bits per heavy atom. The quantitative estimate of drug-likeness (QED) is 0.494. The van der Waals surface area contributed by atoms with Gasteiger partial charge in [-0.2, -0.15) is 0 Å². The van der Waals surface area contributed by atoms with E-state index in [1.165, 1.54) is 56.7 Å². The lowest BCUT2D eigenvalue weighted by Gasteiger charge is -2.35. The minimum absolute atomic E-state index is 0.505. The maximum absolute atomic E-state index is 11.8. The Balaban J connectivity index is 2.93. The zero-order valence-electron chi connectivity index (χ0n) is 14.7. The van der Waals surface area contributed by atoms with Crippen LogP contribution >= 0.6 is 0 Å². The first-order valence-electron chi connectivity index (χ1n) is 9.39. The minimum Gasteiger partial charge on any atom is -0.300 e. The predicted molar refractivity (Wildman–Crippen MR) is 96.5 cm³/mol. The van der Waals surface area contributed by atoms with Crippen molar-refractivity contribution in [3.63, 3.8) is 0 Å². The SMILES string of the molecule is CCC[Si](CCC)(CCC)/C1=C/CCCCC(=O)CCC1. The lowest BCUT2D eigenvalue weighted by Crippen LogP contribution is -2.37. The van der Waals surface area contributed by atoms with Crippen molar-refractivity contribution in [2.45, 2.75) is 103 Å². The number of carbonyl (C=O) groups excluding carboxylic acids is 1. The first-order chi connectivity index (χ1) is 10.2. The van der Waals surface area contributed by atoms with Gasteiger partial charge in [-0.05, 0) is 32.1 Å². The molecule has 0 saturated heterocycles. The van der Waals surface area contributed by atoms with Gasteiger partial charge in [-0.15, -0.1) is 0 Å². The van der Waals surface area contributed by atoms with Crippen molar-refractivity contribution >= 4 is 13.9 Å². The smallest absolute Gasteiger partial charge is 0.132 e. The van der Waals surface area contributed by atoms with Crippen molar-refractivity contribution in [3.8, 4) is 0 Å². The number of allylic oxidation sites excluding steroid dienone is 2. The molecule has 0 fully saturated rings. The van der Waals surface area contributed by atoms with Crippen molar-refractivity contribution in [3.05, 3.63) is 11.3 Å². The molecule has 1 nitrogen and oxygen atoms in total. The highest BCUT2D eigenvalue weighted by Crippen LogP contribution is 2.36. The van der Waals surface area contributed by atoms with E-state index in [9.17, 15) is 4.79 Å². The summed E-state index contributed by atoms with van der Waals surface area (Å²) in [6, 6.07) is 4.40. The molecular weight excluding hydrogens is 272 g/mol. The average molecular weight is 309 g/mol. The van der Waals surface area contributed by atoms with Crippen LogP contribution in [-0.2, 0) is 4.79 Å². The van der Waals surface area contributed by atoms with E-state index in [1.54, 1.807) is 0 Å². The summed E-state index contributed by atoms with van der Waals surface area (Å²) >= 11 is 0. The third-order valence-corrected chi connectivity index (χ3v) is 11.3. The summed E-state index contributed by atoms with van der Waals surface area (Å²) in [7, 11) is -1.26. The summed E-state index contributed by atoms with van der Waals surface area (Å²) in [5.41, 5.74) is 0. The molecule has 1 aliphatic rings. The number of Topliss-reactive ketones (excluding diaryl/α,β-unsaturated/α-hetero) is 1. The van der Waals surface area contributed by atoms with E-state index in [-0.39, 0.29) is 0 Å². The average Bonchev–Trinajstić information content (AvgIpc) is 2.46. The maximum Gasteiger partial charge on any atom is 0.132 e. The Morgan fingerprint density at radius 3 is 2.00 bits per heavy atom. The number of rotatable bonds is 7. The lowest BCUT2D eigenvalue weighted by molar-refractivity contribution is -0.119. The van der Waals surface area contributed by atoms with Crippen molar-refractivity contribution in [1.82, 2.24) is 0 Å². The normalized spacial score (nSPS) is 20.9. The van der Waals surface area contributed by atoms with Crippen LogP contribution in [0.2, 0.25) is 18.1 Å². The van der Waals surface area contributed by atoms with Crippen molar-refractivity contribution in [2.75, 3.05) is 0 Å². The van der Waals surface area contributed by atoms with Gasteiger partial charge >= 0.3 is 0 Å². The molecule has 0 radical (unpaired) electrons. The summed E-state index contributed by atoms with van der Waals surface area (Å²) in [4.78, 5) is 11.8. The van der Waals surface area contributed by atoms with Gasteiger partial charge in [-0.1, -0.05) is 69.4 Å². The molecule has 0 bridgehead atoms. The fraction of sp³-hybridized carbons (Fsp3) is 0.842. The van der Waals surface area contributed by atoms with Gasteiger partial charge in [0.05, 0.1) is 8.07 Å². The van der Waals surface area contributed by atoms with Gasteiger partial charge in [0.25, 0.3) is 0 Å². The zero-order chi connectivity index (χ0) is 15.6.